The summed E-state index contributed by atoms with van der Waals surface area (Å²) in [7, 11) is 1.66. The van der Waals surface area contributed by atoms with Gasteiger partial charge in [0.25, 0.3) is 0 Å². The van der Waals surface area contributed by atoms with Gasteiger partial charge in [0.05, 0.1) is 17.8 Å². The number of hydrogen-bond acceptors (Lipinski definition) is 6. The molecule has 2 aromatic heterocycles. The number of rotatable bonds is 5. The highest BCUT2D eigenvalue weighted by Gasteiger charge is 2.08. The Kier molecular flexibility index (Phi) is 3.65. The van der Waals surface area contributed by atoms with Crippen LogP contribution in [-0.2, 0) is 4.74 Å². The molecule has 4 N–H and O–H groups in total. The molecular weight excluding hydrogens is 268 g/mol. The molecule has 0 fully saturated rings. The third-order valence-electron chi connectivity index (χ3n) is 3.12. The molecule has 0 radical (unpaired) electrons. The summed E-state index contributed by atoms with van der Waals surface area (Å²) in [6, 6.07) is 7.84. The molecule has 21 heavy (non-hydrogen) atoms. The molecule has 108 valence electrons. The molecule has 0 aliphatic heterocycles. The Balaban J connectivity index is 2.01. The van der Waals surface area contributed by atoms with Gasteiger partial charge in [-0.2, -0.15) is 10.1 Å². The number of anilines is 2. The molecule has 0 unspecified atom stereocenters. The van der Waals surface area contributed by atoms with Crippen molar-refractivity contribution in [2.45, 2.75) is 0 Å². The average Bonchev–Trinajstić information content (AvgIpc) is 3.01. The van der Waals surface area contributed by atoms with E-state index in [0.29, 0.717) is 19.0 Å². The predicted octanol–water partition coefficient (Wildman–Crippen LogP) is 1.66. The molecule has 0 spiro atoms. The number of methoxy groups -OCH3 is 1. The van der Waals surface area contributed by atoms with Gasteiger partial charge in [0.1, 0.15) is 5.82 Å². The molecule has 0 aliphatic rings. The lowest BCUT2D eigenvalue weighted by atomic mass is 10.1. The van der Waals surface area contributed by atoms with Crippen LogP contribution in [0.3, 0.4) is 0 Å². The van der Waals surface area contributed by atoms with Crippen molar-refractivity contribution >= 4 is 22.7 Å². The minimum atomic E-state index is 0.240. The maximum atomic E-state index is 5.78. The van der Waals surface area contributed by atoms with Crippen molar-refractivity contribution in [3.63, 3.8) is 0 Å². The predicted molar refractivity (Wildman–Crippen MR) is 81.9 cm³/mol. The highest BCUT2D eigenvalue weighted by molar-refractivity contribution is 5.92. The second-order valence-electron chi connectivity index (χ2n) is 4.55. The van der Waals surface area contributed by atoms with Crippen LogP contribution in [0, 0.1) is 0 Å². The summed E-state index contributed by atoms with van der Waals surface area (Å²) in [5.41, 5.74) is 8.50. The Morgan fingerprint density at radius 3 is 2.95 bits per heavy atom. The van der Waals surface area contributed by atoms with E-state index in [-0.39, 0.29) is 5.95 Å². The summed E-state index contributed by atoms with van der Waals surface area (Å²) in [5.74, 6) is 0.954. The second kappa shape index (κ2) is 5.76. The first-order valence-electron chi connectivity index (χ1n) is 6.58. The van der Waals surface area contributed by atoms with E-state index in [4.69, 9.17) is 10.5 Å². The number of nitrogens with zero attached hydrogens (tertiary/aromatic N) is 3. The topological polar surface area (TPSA) is 102 Å². The van der Waals surface area contributed by atoms with Crippen LogP contribution < -0.4 is 11.1 Å². The van der Waals surface area contributed by atoms with E-state index in [2.05, 4.69) is 25.5 Å². The summed E-state index contributed by atoms with van der Waals surface area (Å²) in [6.07, 6.45) is 1.71. The van der Waals surface area contributed by atoms with Crippen molar-refractivity contribution in [3.05, 3.63) is 30.5 Å². The van der Waals surface area contributed by atoms with E-state index in [0.717, 1.165) is 22.2 Å². The molecule has 3 rings (SSSR count). The Hall–Kier alpha value is -2.67. The van der Waals surface area contributed by atoms with Gasteiger partial charge in [0.15, 0.2) is 0 Å². The fourth-order valence-electron chi connectivity index (χ4n) is 2.14. The summed E-state index contributed by atoms with van der Waals surface area (Å²) in [6.45, 7) is 1.25. The lowest BCUT2D eigenvalue weighted by Crippen LogP contribution is -2.10. The van der Waals surface area contributed by atoms with E-state index in [1.54, 1.807) is 13.3 Å². The first kappa shape index (κ1) is 13.3. The van der Waals surface area contributed by atoms with Gasteiger partial charge in [-0.3, -0.25) is 5.10 Å². The number of fused-ring (bicyclic) bond motifs is 1. The van der Waals surface area contributed by atoms with Gasteiger partial charge < -0.3 is 15.8 Å². The summed E-state index contributed by atoms with van der Waals surface area (Å²) < 4.78 is 5.03. The third kappa shape index (κ3) is 2.77. The quantitative estimate of drug-likeness (QED) is 0.616. The van der Waals surface area contributed by atoms with Gasteiger partial charge in [-0.15, -0.1) is 0 Å². The van der Waals surface area contributed by atoms with E-state index in [1.165, 1.54) is 0 Å². The van der Waals surface area contributed by atoms with E-state index >= 15 is 0 Å². The molecule has 2 heterocycles. The number of nitrogens with two attached hydrogens (primary N) is 1. The fourth-order valence-corrected chi connectivity index (χ4v) is 2.14. The van der Waals surface area contributed by atoms with Crippen LogP contribution >= 0.6 is 0 Å². The number of ether oxygens (including phenoxy) is 1. The van der Waals surface area contributed by atoms with Crippen LogP contribution in [0.5, 0.6) is 0 Å². The van der Waals surface area contributed by atoms with Gasteiger partial charge >= 0.3 is 0 Å². The Bertz CT molecular complexity index is 741. The van der Waals surface area contributed by atoms with Crippen LogP contribution in [0.4, 0.5) is 11.8 Å². The smallest absolute Gasteiger partial charge is 0.222 e. The van der Waals surface area contributed by atoms with E-state index < -0.39 is 0 Å². The van der Waals surface area contributed by atoms with Crippen molar-refractivity contribution in [1.82, 2.24) is 20.2 Å². The van der Waals surface area contributed by atoms with Crippen molar-refractivity contribution < 1.29 is 4.74 Å². The van der Waals surface area contributed by atoms with Gasteiger partial charge in [-0.05, 0) is 18.2 Å². The van der Waals surface area contributed by atoms with Gasteiger partial charge in [-0.1, -0.05) is 6.07 Å². The maximum Gasteiger partial charge on any atom is 0.222 e. The van der Waals surface area contributed by atoms with E-state index in [9.17, 15) is 0 Å². The number of nitrogen functional groups attached to an aromatic ring is 1. The summed E-state index contributed by atoms with van der Waals surface area (Å²) in [4.78, 5) is 8.54. The molecule has 0 aliphatic carbocycles. The number of nitrogens with one attached hydrogen (secondary N) is 2. The minimum Gasteiger partial charge on any atom is -0.383 e. The average molecular weight is 284 g/mol. The second-order valence-corrected chi connectivity index (χ2v) is 4.55. The SMILES string of the molecule is COCCNc1nc(N)nc2cc(-c3ccn[nH]3)ccc12. The van der Waals surface area contributed by atoms with Gasteiger partial charge in [0.2, 0.25) is 5.95 Å². The normalized spacial score (nSPS) is 10.9. The number of aromatic nitrogens is 4. The fraction of sp³-hybridized carbons (Fsp3) is 0.214. The standard InChI is InChI=1S/C14H16N6O/c1-21-7-6-16-13-10-3-2-9(11-4-5-17-20-11)8-12(10)18-14(15)19-13/h2-5,8H,6-7H2,1H3,(H,17,20)(H3,15,16,18,19). The summed E-state index contributed by atoms with van der Waals surface area (Å²) in [5, 5.41) is 11.0. The molecular formula is C14H16N6O. The van der Waals surface area contributed by atoms with Crippen LogP contribution in [0.25, 0.3) is 22.2 Å². The van der Waals surface area contributed by atoms with Crippen molar-refractivity contribution in [1.29, 1.82) is 0 Å². The zero-order valence-electron chi connectivity index (χ0n) is 11.6. The Labute approximate surface area is 121 Å². The maximum absolute atomic E-state index is 5.78. The van der Waals surface area contributed by atoms with Crippen molar-refractivity contribution in [3.8, 4) is 11.3 Å². The van der Waals surface area contributed by atoms with E-state index in [1.807, 2.05) is 24.3 Å². The first-order chi connectivity index (χ1) is 10.3. The highest BCUT2D eigenvalue weighted by atomic mass is 16.5. The molecule has 0 saturated heterocycles. The highest BCUT2D eigenvalue weighted by Crippen LogP contribution is 2.26. The number of benzene rings is 1. The van der Waals surface area contributed by atoms with Crippen LogP contribution in [0.15, 0.2) is 30.5 Å². The molecule has 0 atom stereocenters. The molecule has 7 heteroatoms. The minimum absolute atomic E-state index is 0.240. The van der Waals surface area contributed by atoms with Crippen LogP contribution in [0.2, 0.25) is 0 Å². The summed E-state index contributed by atoms with van der Waals surface area (Å²) >= 11 is 0. The van der Waals surface area contributed by atoms with Gasteiger partial charge in [0, 0.05) is 30.8 Å². The van der Waals surface area contributed by atoms with Crippen molar-refractivity contribution in [2.24, 2.45) is 0 Å². The molecule has 7 nitrogen and oxygen atoms in total. The van der Waals surface area contributed by atoms with Crippen LogP contribution in [-0.4, -0.2) is 40.4 Å². The number of H-pyrrole nitrogens is 1. The number of hydrogen-bond donors (Lipinski definition) is 3. The van der Waals surface area contributed by atoms with Gasteiger partial charge in [-0.25, -0.2) is 4.98 Å². The van der Waals surface area contributed by atoms with Crippen LogP contribution in [0.1, 0.15) is 0 Å². The Morgan fingerprint density at radius 1 is 1.29 bits per heavy atom. The zero-order valence-corrected chi connectivity index (χ0v) is 11.6. The Morgan fingerprint density at radius 2 is 2.19 bits per heavy atom. The molecule has 0 bridgehead atoms. The monoisotopic (exact) mass is 284 g/mol. The number of aromatic amines is 1. The first-order valence-corrected chi connectivity index (χ1v) is 6.58. The lowest BCUT2D eigenvalue weighted by molar-refractivity contribution is 0.210. The molecule has 1 aromatic carbocycles. The van der Waals surface area contributed by atoms with Crippen molar-refractivity contribution in [2.75, 3.05) is 31.3 Å². The largest absolute Gasteiger partial charge is 0.383 e. The zero-order chi connectivity index (χ0) is 14.7. The molecule has 0 saturated carbocycles. The molecule has 0 amide bonds. The molecule has 3 aromatic rings. The third-order valence-corrected chi connectivity index (χ3v) is 3.12. The lowest BCUT2D eigenvalue weighted by Gasteiger charge is -2.09.